The van der Waals surface area contributed by atoms with Crippen LogP contribution in [0.3, 0.4) is 0 Å². The van der Waals surface area contributed by atoms with Crippen molar-refractivity contribution in [2.75, 3.05) is 0 Å². The van der Waals surface area contributed by atoms with Gasteiger partial charge >= 0.3 is 0 Å². The summed E-state index contributed by atoms with van der Waals surface area (Å²) in [5, 5.41) is 1.33. The highest BCUT2D eigenvalue weighted by atomic mass is 35.5. The molecule has 0 aliphatic carbocycles. The molecule has 0 spiro atoms. The Balaban J connectivity index is 2.12. The van der Waals surface area contributed by atoms with E-state index in [1.165, 1.54) is 0 Å². The monoisotopic (exact) mass is 266 g/mol. The van der Waals surface area contributed by atoms with E-state index in [4.69, 9.17) is 27.9 Å². The van der Waals surface area contributed by atoms with E-state index >= 15 is 0 Å². The molecule has 2 aromatic carbocycles. The van der Waals surface area contributed by atoms with Crippen LogP contribution in [0.4, 0.5) is 0 Å². The van der Waals surface area contributed by atoms with E-state index in [1.54, 1.807) is 12.1 Å². The summed E-state index contributed by atoms with van der Waals surface area (Å²) in [5.41, 5.74) is 1.99. The number of benzene rings is 2. The van der Waals surface area contributed by atoms with Crippen LogP contribution in [0.1, 0.15) is 11.1 Å². The van der Waals surface area contributed by atoms with Crippen molar-refractivity contribution in [3.63, 3.8) is 0 Å². The van der Waals surface area contributed by atoms with Crippen LogP contribution in [-0.4, -0.2) is 0 Å². The van der Waals surface area contributed by atoms with Crippen molar-refractivity contribution >= 4 is 23.2 Å². The summed E-state index contributed by atoms with van der Waals surface area (Å²) in [4.78, 5) is 0. The van der Waals surface area contributed by atoms with Crippen LogP contribution < -0.4 is 4.74 Å². The topological polar surface area (TPSA) is 9.23 Å². The van der Waals surface area contributed by atoms with E-state index < -0.39 is 0 Å². The summed E-state index contributed by atoms with van der Waals surface area (Å²) in [7, 11) is 0. The van der Waals surface area contributed by atoms with Crippen LogP contribution in [0.2, 0.25) is 10.0 Å². The lowest BCUT2D eigenvalue weighted by molar-refractivity contribution is 0.304. The van der Waals surface area contributed by atoms with Crippen LogP contribution in [0.15, 0.2) is 42.5 Å². The molecule has 0 aromatic heterocycles. The van der Waals surface area contributed by atoms with Crippen LogP contribution in [0, 0.1) is 6.92 Å². The lowest BCUT2D eigenvalue weighted by atomic mass is 10.2. The Kier molecular flexibility index (Phi) is 3.93. The zero-order valence-electron chi connectivity index (χ0n) is 9.41. The fraction of sp³-hybridized carbons (Fsp3) is 0.143. The lowest BCUT2D eigenvalue weighted by Gasteiger charge is -2.10. The Morgan fingerprint density at radius 2 is 1.82 bits per heavy atom. The van der Waals surface area contributed by atoms with Crippen LogP contribution in [-0.2, 0) is 6.61 Å². The number of hydrogen-bond acceptors (Lipinski definition) is 1. The zero-order valence-corrected chi connectivity index (χ0v) is 10.9. The predicted molar refractivity (Wildman–Crippen MR) is 72.0 cm³/mol. The molecule has 0 aliphatic rings. The molecule has 0 N–H and O–H groups in total. The number of aryl methyl sites for hydroxylation is 1. The summed E-state index contributed by atoms with van der Waals surface area (Å²) in [6, 6.07) is 13.2. The molecule has 3 heteroatoms. The van der Waals surface area contributed by atoms with Crippen molar-refractivity contribution in [1.82, 2.24) is 0 Å². The van der Waals surface area contributed by atoms with Gasteiger partial charge in [-0.15, -0.1) is 0 Å². The Morgan fingerprint density at radius 3 is 2.59 bits per heavy atom. The second-order valence-corrected chi connectivity index (χ2v) is 4.63. The van der Waals surface area contributed by atoms with Gasteiger partial charge < -0.3 is 4.74 Å². The third-order valence-electron chi connectivity index (χ3n) is 2.48. The van der Waals surface area contributed by atoms with Crippen molar-refractivity contribution in [1.29, 1.82) is 0 Å². The Hall–Kier alpha value is -1.18. The van der Waals surface area contributed by atoms with Crippen LogP contribution in [0.25, 0.3) is 0 Å². The highest BCUT2D eigenvalue weighted by Gasteiger charge is 2.03. The van der Waals surface area contributed by atoms with Crippen LogP contribution in [0.5, 0.6) is 5.75 Å². The summed E-state index contributed by atoms with van der Waals surface area (Å²) in [6.45, 7) is 2.43. The van der Waals surface area contributed by atoms with Crippen LogP contribution >= 0.6 is 23.2 Å². The average molecular weight is 267 g/mol. The lowest BCUT2D eigenvalue weighted by Crippen LogP contribution is -1.97. The van der Waals surface area contributed by atoms with Gasteiger partial charge in [0.05, 0.1) is 0 Å². The molecule has 0 heterocycles. The number of halogens is 2. The first-order valence-corrected chi connectivity index (χ1v) is 6.05. The molecule has 0 atom stereocenters. The summed E-state index contributed by atoms with van der Waals surface area (Å²) < 4.78 is 5.72. The van der Waals surface area contributed by atoms with Gasteiger partial charge in [0, 0.05) is 15.6 Å². The third kappa shape index (κ3) is 3.15. The molecule has 0 bridgehead atoms. The molecule has 0 amide bonds. The Morgan fingerprint density at radius 1 is 1.06 bits per heavy atom. The Bertz CT molecular complexity index is 523. The first-order valence-electron chi connectivity index (χ1n) is 5.29. The fourth-order valence-electron chi connectivity index (χ4n) is 1.53. The molecule has 2 aromatic rings. The minimum Gasteiger partial charge on any atom is -0.489 e. The summed E-state index contributed by atoms with van der Waals surface area (Å²) in [6.07, 6.45) is 0. The van der Waals surface area contributed by atoms with E-state index in [9.17, 15) is 0 Å². The molecular formula is C14H12Cl2O. The fourth-order valence-corrected chi connectivity index (χ4v) is 1.89. The summed E-state index contributed by atoms with van der Waals surface area (Å²) >= 11 is 12.0. The molecule has 1 nitrogen and oxygen atoms in total. The third-order valence-corrected chi connectivity index (χ3v) is 3.09. The molecule has 0 aliphatic heterocycles. The maximum absolute atomic E-state index is 6.06. The SMILES string of the molecule is Cc1ccccc1OCc1cc(Cl)ccc1Cl. The smallest absolute Gasteiger partial charge is 0.122 e. The van der Waals surface area contributed by atoms with E-state index in [0.29, 0.717) is 16.7 Å². The van der Waals surface area contributed by atoms with Crippen molar-refractivity contribution in [2.24, 2.45) is 0 Å². The highest BCUT2D eigenvalue weighted by molar-refractivity contribution is 6.33. The molecule has 0 radical (unpaired) electrons. The minimum atomic E-state index is 0.421. The number of ether oxygens (including phenoxy) is 1. The van der Waals surface area contributed by atoms with Crippen molar-refractivity contribution in [3.8, 4) is 5.75 Å². The summed E-state index contributed by atoms with van der Waals surface area (Å²) in [5.74, 6) is 0.864. The van der Waals surface area contributed by atoms with Crippen molar-refractivity contribution in [2.45, 2.75) is 13.5 Å². The normalized spacial score (nSPS) is 10.3. The largest absolute Gasteiger partial charge is 0.489 e. The molecule has 17 heavy (non-hydrogen) atoms. The van der Waals surface area contributed by atoms with Gasteiger partial charge in [-0.3, -0.25) is 0 Å². The van der Waals surface area contributed by atoms with E-state index in [1.807, 2.05) is 37.3 Å². The number of hydrogen-bond donors (Lipinski definition) is 0. The first-order chi connectivity index (χ1) is 8.16. The Labute approximate surface area is 111 Å². The molecule has 0 fully saturated rings. The standard InChI is InChI=1S/C14H12Cl2O/c1-10-4-2-3-5-14(10)17-9-11-8-12(15)6-7-13(11)16/h2-8H,9H2,1H3. The van der Waals surface area contributed by atoms with Gasteiger partial charge in [-0.05, 0) is 36.8 Å². The van der Waals surface area contributed by atoms with E-state index in [2.05, 4.69) is 0 Å². The van der Waals surface area contributed by atoms with Gasteiger partial charge in [0.15, 0.2) is 0 Å². The highest BCUT2D eigenvalue weighted by Crippen LogP contribution is 2.23. The minimum absolute atomic E-state index is 0.421. The predicted octanol–water partition coefficient (Wildman–Crippen LogP) is 4.88. The van der Waals surface area contributed by atoms with E-state index in [0.717, 1.165) is 16.9 Å². The second kappa shape index (κ2) is 5.44. The maximum Gasteiger partial charge on any atom is 0.122 e. The van der Waals surface area contributed by atoms with Gasteiger partial charge in [0.1, 0.15) is 12.4 Å². The molecule has 88 valence electrons. The molecule has 0 saturated carbocycles. The van der Waals surface area contributed by atoms with Gasteiger partial charge in [0.2, 0.25) is 0 Å². The van der Waals surface area contributed by atoms with Gasteiger partial charge in [-0.1, -0.05) is 41.4 Å². The zero-order chi connectivity index (χ0) is 12.3. The molecule has 0 unspecified atom stereocenters. The van der Waals surface area contributed by atoms with Crippen molar-refractivity contribution in [3.05, 3.63) is 63.6 Å². The van der Waals surface area contributed by atoms with Gasteiger partial charge in [-0.2, -0.15) is 0 Å². The molecular weight excluding hydrogens is 255 g/mol. The van der Waals surface area contributed by atoms with Gasteiger partial charge in [0.25, 0.3) is 0 Å². The van der Waals surface area contributed by atoms with Gasteiger partial charge in [-0.25, -0.2) is 0 Å². The number of rotatable bonds is 3. The first kappa shape index (κ1) is 12.3. The number of para-hydroxylation sites is 1. The molecule has 2 rings (SSSR count). The van der Waals surface area contributed by atoms with E-state index in [-0.39, 0.29) is 0 Å². The van der Waals surface area contributed by atoms with Crippen molar-refractivity contribution < 1.29 is 4.74 Å². The molecule has 0 saturated heterocycles. The quantitative estimate of drug-likeness (QED) is 0.770. The average Bonchev–Trinajstić information content (AvgIpc) is 2.32. The maximum atomic E-state index is 6.06. The second-order valence-electron chi connectivity index (χ2n) is 3.79.